The van der Waals surface area contributed by atoms with Crippen LogP contribution in [0.25, 0.3) is 10.9 Å². The zero-order valence-electron chi connectivity index (χ0n) is 15.1. The number of carbonyl (C=O) groups is 2. The van der Waals surface area contributed by atoms with Crippen molar-refractivity contribution in [2.75, 3.05) is 47.9 Å². The quantitative estimate of drug-likeness (QED) is 0.903. The van der Waals surface area contributed by atoms with Crippen molar-refractivity contribution in [3.05, 3.63) is 30.0 Å². The van der Waals surface area contributed by atoms with Gasteiger partial charge in [-0.05, 0) is 25.2 Å². The molecule has 0 aliphatic carbocycles. The van der Waals surface area contributed by atoms with Gasteiger partial charge < -0.3 is 19.5 Å². The van der Waals surface area contributed by atoms with E-state index < -0.39 is 0 Å². The van der Waals surface area contributed by atoms with E-state index in [-0.39, 0.29) is 17.9 Å². The van der Waals surface area contributed by atoms with E-state index in [1.807, 2.05) is 36.2 Å². The van der Waals surface area contributed by atoms with Gasteiger partial charge in [-0.1, -0.05) is 6.07 Å². The first-order chi connectivity index (χ1) is 11.9. The Hall–Kier alpha value is -2.54. The Morgan fingerprint density at radius 1 is 1.28 bits per heavy atom. The van der Waals surface area contributed by atoms with Crippen LogP contribution < -0.4 is 4.74 Å². The summed E-state index contributed by atoms with van der Waals surface area (Å²) in [7, 11) is 7.00. The number of rotatable bonds is 3. The average Bonchev–Trinajstić information content (AvgIpc) is 3.05. The van der Waals surface area contributed by atoms with Crippen molar-refractivity contribution < 1.29 is 14.3 Å². The van der Waals surface area contributed by atoms with Gasteiger partial charge in [0, 0.05) is 44.6 Å². The largest absolute Gasteiger partial charge is 0.496 e. The number of benzene rings is 1. The number of ether oxygens (including phenoxy) is 1. The molecule has 1 atom stereocenters. The molecule has 0 bridgehead atoms. The van der Waals surface area contributed by atoms with Gasteiger partial charge in [0.1, 0.15) is 17.5 Å². The van der Waals surface area contributed by atoms with Gasteiger partial charge in [0.15, 0.2) is 0 Å². The van der Waals surface area contributed by atoms with Crippen LogP contribution in [0.5, 0.6) is 5.75 Å². The van der Waals surface area contributed by atoms with Gasteiger partial charge in [-0.25, -0.2) is 0 Å². The topological polar surface area (TPSA) is 68.9 Å². The second-order valence-corrected chi connectivity index (χ2v) is 6.58. The van der Waals surface area contributed by atoms with Crippen LogP contribution in [-0.4, -0.2) is 85.4 Å². The molecule has 134 valence electrons. The number of piperazine rings is 1. The molecule has 3 rings (SSSR count). The van der Waals surface area contributed by atoms with Crippen molar-refractivity contribution >= 4 is 22.7 Å². The van der Waals surface area contributed by atoms with Gasteiger partial charge in [0.2, 0.25) is 5.91 Å². The minimum atomic E-state index is -0.313. The lowest BCUT2D eigenvalue weighted by Crippen LogP contribution is -2.58. The monoisotopic (exact) mass is 344 g/mol. The third-order valence-corrected chi connectivity index (χ3v) is 4.74. The van der Waals surface area contributed by atoms with E-state index in [0.29, 0.717) is 25.3 Å². The summed E-state index contributed by atoms with van der Waals surface area (Å²) < 4.78 is 5.35. The van der Waals surface area contributed by atoms with Crippen LogP contribution in [0.1, 0.15) is 10.5 Å². The van der Waals surface area contributed by atoms with Crippen molar-refractivity contribution in [3.63, 3.8) is 0 Å². The van der Waals surface area contributed by atoms with Crippen molar-refractivity contribution in [2.24, 2.45) is 0 Å². The zero-order valence-corrected chi connectivity index (χ0v) is 15.1. The van der Waals surface area contributed by atoms with E-state index >= 15 is 0 Å². The standard InChI is InChI=1S/C18H24N4O3/c1-20(2)18(24)15-11-22(9-8-21(15)3)17(23)14-10-12-13(19-14)6-5-7-16(12)25-4/h5-7,10,15,19H,8-9,11H2,1-4H3/t15-/m1/s1. The minimum absolute atomic E-state index is 0.0123. The third kappa shape index (κ3) is 3.19. The summed E-state index contributed by atoms with van der Waals surface area (Å²) in [4.78, 5) is 33.8. The summed E-state index contributed by atoms with van der Waals surface area (Å²) >= 11 is 0. The molecule has 0 unspecified atom stereocenters. The smallest absolute Gasteiger partial charge is 0.270 e. The second-order valence-electron chi connectivity index (χ2n) is 6.58. The summed E-state index contributed by atoms with van der Waals surface area (Å²) in [5, 5.41) is 0.878. The van der Waals surface area contributed by atoms with Gasteiger partial charge in [-0.2, -0.15) is 0 Å². The van der Waals surface area contributed by atoms with Gasteiger partial charge in [-0.3, -0.25) is 14.5 Å². The first-order valence-corrected chi connectivity index (χ1v) is 8.28. The average molecular weight is 344 g/mol. The second kappa shape index (κ2) is 6.76. The Bertz CT molecular complexity index is 799. The lowest BCUT2D eigenvalue weighted by Gasteiger charge is -2.39. The van der Waals surface area contributed by atoms with Gasteiger partial charge in [0.05, 0.1) is 7.11 Å². The number of H-pyrrole nitrogens is 1. The van der Waals surface area contributed by atoms with Crippen LogP contribution in [0.15, 0.2) is 24.3 Å². The fourth-order valence-corrected chi connectivity index (χ4v) is 3.21. The maximum absolute atomic E-state index is 12.9. The van der Waals surface area contributed by atoms with E-state index in [4.69, 9.17) is 4.74 Å². The van der Waals surface area contributed by atoms with Crippen molar-refractivity contribution in [1.82, 2.24) is 19.7 Å². The van der Waals surface area contributed by atoms with E-state index in [9.17, 15) is 9.59 Å². The summed E-state index contributed by atoms with van der Waals surface area (Å²) in [6.07, 6.45) is 0. The molecule has 2 heterocycles. The number of nitrogens with zero attached hydrogens (tertiary/aromatic N) is 3. The van der Waals surface area contributed by atoms with Crippen LogP contribution in [-0.2, 0) is 4.79 Å². The highest BCUT2D eigenvalue weighted by Gasteiger charge is 2.33. The number of hydrogen-bond donors (Lipinski definition) is 1. The fraction of sp³-hybridized carbons (Fsp3) is 0.444. The molecule has 1 aliphatic rings. The summed E-state index contributed by atoms with van der Waals surface area (Å²) in [6, 6.07) is 7.17. The maximum atomic E-state index is 12.9. The minimum Gasteiger partial charge on any atom is -0.496 e. The Labute approximate surface area is 147 Å². The highest BCUT2D eigenvalue weighted by Crippen LogP contribution is 2.26. The maximum Gasteiger partial charge on any atom is 0.270 e. The van der Waals surface area contributed by atoms with E-state index in [2.05, 4.69) is 4.98 Å². The number of aromatic amines is 1. The highest BCUT2D eigenvalue weighted by atomic mass is 16.5. The van der Waals surface area contributed by atoms with Crippen molar-refractivity contribution in [3.8, 4) is 5.75 Å². The number of carbonyl (C=O) groups excluding carboxylic acids is 2. The summed E-state index contributed by atoms with van der Waals surface area (Å²) in [5.41, 5.74) is 1.37. The lowest BCUT2D eigenvalue weighted by atomic mass is 10.1. The molecule has 1 aromatic carbocycles. The van der Waals surface area contributed by atoms with Crippen molar-refractivity contribution in [2.45, 2.75) is 6.04 Å². The van der Waals surface area contributed by atoms with Gasteiger partial charge >= 0.3 is 0 Å². The molecule has 25 heavy (non-hydrogen) atoms. The number of aromatic nitrogens is 1. The molecule has 1 aliphatic heterocycles. The highest BCUT2D eigenvalue weighted by molar-refractivity contribution is 6.00. The Morgan fingerprint density at radius 3 is 2.72 bits per heavy atom. The van der Waals surface area contributed by atoms with E-state index in [0.717, 1.165) is 16.7 Å². The summed E-state index contributed by atoms with van der Waals surface area (Å²) in [5.74, 6) is 0.646. The molecule has 1 fully saturated rings. The third-order valence-electron chi connectivity index (χ3n) is 4.74. The lowest BCUT2D eigenvalue weighted by molar-refractivity contribution is -0.135. The fourth-order valence-electron chi connectivity index (χ4n) is 3.21. The number of likely N-dealkylation sites (N-methyl/N-ethyl adjacent to an activating group) is 2. The number of hydrogen-bond acceptors (Lipinski definition) is 4. The number of fused-ring (bicyclic) bond motifs is 1. The van der Waals surface area contributed by atoms with Crippen LogP contribution in [0.3, 0.4) is 0 Å². The van der Waals surface area contributed by atoms with Gasteiger partial charge in [-0.15, -0.1) is 0 Å². The molecular weight excluding hydrogens is 320 g/mol. The van der Waals surface area contributed by atoms with Crippen LogP contribution in [0.2, 0.25) is 0 Å². The first kappa shape index (κ1) is 17.3. The normalized spacial score (nSPS) is 18.4. The molecule has 7 heteroatoms. The number of methoxy groups -OCH3 is 1. The molecule has 7 nitrogen and oxygen atoms in total. The molecule has 1 N–H and O–H groups in total. The Kier molecular flexibility index (Phi) is 4.67. The Morgan fingerprint density at radius 2 is 2.04 bits per heavy atom. The molecule has 2 aromatic rings. The van der Waals surface area contributed by atoms with Crippen LogP contribution in [0.4, 0.5) is 0 Å². The van der Waals surface area contributed by atoms with Gasteiger partial charge in [0.25, 0.3) is 5.91 Å². The van der Waals surface area contributed by atoms with Crippen LogP contribution in [0, 0.1) is 0 Å². The van der Waals surface area contributed by atoms with Crippen LogP contribution >= 0.6 is 0 Å². The molecule has 1 saturated heterocycles. The molecule has 2 amide bonds. The van der Waals surface area contributed by atoms with E-state index in [1.54, 1.807) is 31.0 Å². The Balaban J connectivity index is 1.84. The molecular formula is C18H24N4O3. The predicted molar refractivity (Wildman–Crippen MR) is 95.9 cm³/mol. The molecule has 0 spiro atoms. The SMILES string of the molecule is COc1cccc2[nH]c(C(=O)N3CCN(C)[C@@H](C(=O)N(C)C)C3)cc12. The van der Waals surface area contributed by atoms with Crippen molar-refractivity contribution in [1.29, 1.82) is 0 Å². The first-order valence-electron chi connectivity index (χ1n) is 8.28. The van der Waals surface area contributed by atoms with E-state index in [1.165, 1.54) is 0 Å². The molecule has 0 radical (unpaired) electrons. The molecule has 0 saturated carbocycles. The summed E-state index contributed by atoms with van der Waals surface area (Å²) in [6.45, 7) is 1.65. The predicted octanol–water partition coefficient (Wildman–Crippen LogP) is 1.02. The zero-order chi connectivity index (χ0) is 18.1. The number of nitrogens with one attached hydrogen (secondary N) is 1. The number of amides is 2. The molecule has 1 aromatic heterocycles.